The molecule has 3 fully saturated rings. The Kier molecular flexibility index (Phi) is 3.46. The highest BCUT2D eigenvalue weighted by molar-refractivity contribution is 8.00. The molecule has 0 aromatic heterocycles. The first-order chi connectivity index (χ1) is 7.83. The summed E-state index contributed by atoms with van der Waals surface area (Å²) in [5.41, 5.74) is 0. The average molecular weight is 240 g/mol. The SMILES string of the molecule is CC1CC(N(CC2CCCN2)C2CC2)CS1. The van der Waals surface area contributed by atoms with E-state index in [0.717, 1.165) is 23.4 Å². The molecule has 1 aliphatic carbocycles. The van der Waals surface area contributed by atoms with Crippen LogP contribution in [0, 0.1) is 0 Å². The van der Waals surface area contributed by atoms with Crippen LogP contribution in [0.1, 0.15) is 39.0 Å². The van der Waals surface area contributed by atoms with Gasteiger partial charge in [-0.3, -0.25) is 4.90 Å². The van der Waals surface area contributed by atoms with Crippen molar-refractivity contribution in [3.8, 4) is 0 Å². The van der Waals surface area contributed by atoms with E-state index in [9.17, 15) is 0 Å². The van der Waals surface area contributed by atoms with E-state index in [2.05, 4.69) is 28.9 Å². The summed E-state index contributed by atoms with van der Waals surface area (Å²) in [6, 6.07) is 2.62. The van der Waals surface area contributed by atoms with Gasteiger partial charge in [0.15, 0.2) is 0 Å². The second-order valence-corrected chi connectivity index (χ2v) is 7.23. The Balaban J connectivity index is 1.57. The number of nitrogens with zero attached hydrogens (tertiary/aromatic N) is 1. The fraction of sp³-hybridized carbons (Fsp3) is 1.00. The van der Waals surface area contributed by atoms with Crippen molar-refractivity contribution >= 4 is 11.8 Å². The highest BCUT2D eigenvalue weighted by Gasteiger charge is 2.38. The molecule has 0 aromatic carbocycles. The molecular weight excluding hydrogens is 216 g/mol. The van der Waals surface area contributed by atoms with Crippen molar-refractivity contribution in [1.82, 2.24) is 10.2 Å². The zero-order chi connectivity index (χ0) is 11.0. The predicted molar refractivity (Wildman–Crippen MR) is 71.1 cm³/mol. The molecule has 2 saturated heterocycles. The van der Waals surface area contributed by atoms with Gasteiger partial charge in [0.2, 0.25) is 0 Å². The molecular formula is C13H24N2S. The van der Waals surface area contributed by atoms with Crippen molar-refractivity contribution in [2.24, 2.45) is 0 Å². The van der Waals surface area contributed by atoms with Gasteiger partial charge in [-0.15, -0.1) is 0 Å². The van der Waals surface area contributed by atoms with E-state index in [4.69, 9.17) is 0 Å². The van der Waals surface area contributed by atoms with Crippen LogP contribution in [-0.4, -0.2) is 47.1 Å². The molecule has 2 nitrogen and oxygen atoms in total. The topological polar surface area (TPSA) is 15.3 Å². The maximum Gasteiger partial charge on any atom is 0.0200 e. The Morgan fingerprint density at radius 2 is 2.12 bits per heavy atom. The van der Waals surface area contributed by atoms with E-state index in [1.54, 1.807) is 0 Å². The van der Waals surface area contributed by atoms with Crippen LogP contribution in [0.3, 0.4) is 0 Å². The molecule has 1 saturated carbocycles. The van der Waals surface area contributed by atoms with Crippen LogP contribution in [0.25, 0.3) is 0 Å². The Hall–Kier alpha value is 0.270. The van der Waals surface area contributed by atoms with Gasteiger partial charge < -0.3 is 5.32 Å². The highest BCUT2D eigenvalue weighted by Crippen LogP contribution is 2.36. The van der Waals surface area contributed by atoms with Crippen molar-refractivity contribution in [1.29, 1.82) is 0 Å². The third-order valence-electron chi connectivity index (χ3n) is 4.26. The van der Waals surface area contributed by atoms with Crippen molar-refractivity contribution in [2.45, 2.75) is 62.4 Å². The number of rotatable bonds is 4. The quantitative estimate of drug-likeness (QED) is 0.810. The summed E-state index contributed by atoms with van der Waals surface area (Å²) in [6.45, 7) is 4.96. The summed E-state index contributed by atoms with van der Waals surface area (Å²) >= 11 is 2.17. The van der Waals surface area contributed by atoms with Crippen LogP contribution in [0.15, 0.2) is 0 Å². The summed E-state index contributed by atoms with van der Waals surface area (Å²) < 4.78 is 0. The van der Waals surface area contributed by atoms with Gasteiger partial charge in [-0.1, -0.05) is 6.92 Å². The summed E-state index contributed by atoms with van der Waals surface area (Å²) in [7, 11) is 0. The van der Waals surface area contributed by atoms with Crippen LogP contribution in [0.2, 0.25) is 0 Å². The molecule has 0 spiro atoms. The number of hydrogen-bond acceptors (Lipinski definition) is 3. The van der Waals surface area contributed by atoms with Gasteiger partial charge >= 0.3 is 0 Å². The first-order valence-corrected chi connectivity index (χ1v) is 7.98. The van der Waals surface area contributed by atoms with Crippen molar-refractivity contribution in [2.75, 3.05) is 18.8 Å². The summed E-state index contributed by atoms with van der Waals surface area (Å²) in [5.74, 6) is 1.38. The molecule has 2 aliphatic heterocycles. The van der Waals surface area contributed by atoms with E-state index in [1.165, 1.54) is 50.9 Å². The zero-order valence-electron chi connectivity index (χ0n) is 10.3. The Morgan fingerprint density at radius 3 is 2.69 bits per heavy atom. The molecule has 0 bridgehead atoms. The normalized spacial score (nSPS) is 39.8. The van der Waals surface area contributed by atoms with Crippen molar-refractivity contribution in [3.63, 3.8) is 0 Å². The minimum absolute atomic E-state index is 0.793. The lowest BCUT2D eigenvalue weighted by atomic mass is 10.1. The number of hydrogen-bond donors (Lipinski definition) is 1. The molecule has 3 aliphatic rings. The van der Waals surface area contributed by atoms with Crippen LogP contribution < -0.4 is 5.32 Å². The van der Waals surface area contributed by atoms with E-state index in [1.807, 2.05) is 0 Å². The van der Waals surface area contributed by atoms with Crippen LogP contribution in [0.4, 0.5) is 0 Å². The minimum atomic E-state index is 0.793. The first kappa shape index (κ1) is 11.4. The van der Waals surface area contributed by atoms with Crippen LogP contribution in [0.5, 0.6) is 0 Å². The van der Waals surface area contributed by atoms with Gasteiger partial charge in [0.05, 0.1) is 0 Å². The molecule has 3 atom stereocenters. The van der Waals surface area contributed by atoms with Gasteiger partial charge in [0.25, 0.3) is 0 Å². The number of thioether (sulfide) groups is 1. The summed E-state index contributed by atoms with van der Waals surface area (Å²) in [6.07, 6.45) is 7.13. The largest absolute Gasteiger partial charge is 0.313 e. The fourth-order valence-electron chi connectivity index (χ4n) is 3.20. The van der Waals surface area contributed by atoms with E-state index in [-0.39, 0.29) is 0 Å². The third kappa shape index (κ3) is 2.57. The molecule has 16 heavy (non-hydrogen) atoms. The molecule has 3 rings (SSSR count). The molecule has 3 heteroatoms. The monoisotopic (exact) mass is 240 g/mol. The van der Waals surface area contributed by atoms with Crippen LogP contribution >= 0.6 is 11.8 Å². The highest BCUT2D eigenvalue weighted by atomic mass is 32.2. The van der Waals surface area contributed by atoms with E-state index >= 15 is 0 Å². The molecule has 0 aromatic rings. The van der Waals surface area contributed by atoms with Crippen LogP contribution in [-0.2, 0) is 0 Å². The molecule has 3 unspecified atom stereocenters. The Morgan fingerprint density at radius 1 is 1.25 bits per heavy atom. The number of nitrogens with one attached hydrogen (secondary N) is 1. The fourth-order valence-corrected chi connectivity index (χ4v) is 4.43. The summed E-state index contributed by atoms with van der Waals surface area (Å²) in [5, 5.41) is 4.55. The second-order valence-electron chi connectivity index (χ2n) is 5.75. The van der Waals surface area contributed by atoms with E-state index < -0.39 is 0 Å². The third-order valence-corrected chi connectivity index (χ3v) is 5.59. The molecule has 2 heterocycles. The second kappa shape index (κ2) is 4.87. The maximum absolute atomic E-state index is 3.66. The lowest BCUT2D eigenvalue weighted by Gasteiger charge is -2.31. The zero-order valence-corrected chi connectivity index (χ0v) is 11.1. The van der Waals surface area contributed by atoms with Crippen molar-refractivity contribution in [3.05, 3.63) is 0 Å². The first-order valence-electron chi connectivity index (χ1n) is 6.93. The lowest BCUT2D eigenvalue weighted by molar-refractivity contribution is 0.181. The summed E-state index contributed by atoms with van der Waals surface area (Å²) in [4.78, 5) is 2.85. The van der Waals surface area contributed by atoms with Crippen molar-refractivity contribution < 1.29 is 0 Å². The van der Waals surface area contributed by atoms with Gasteiger partial charge in [-0.2, -0.15) is 11.8 Å². The standard InChI is InChI=1S/C13H24N2S/c1-10-7-13(9-16-10)15(12-4-5-12)8-11-3-2-6-14-11/h10-14H,2-9H2,1H3. The minimum Gasteiger partial charge on any atom is -0.313 e. The van der Waals surface area contributed by atoms with Gasteiger partial charge in [0.1, 0.15) is 0 Å². The van der Waals surface area contributed by atoms with Gasteiger partial charge in [-0.25, -0.2) is 0 Å². The Labute approximate surface area is 104 Å². The molecule has 92 valence electrons. The lowest BCUT2D eigenvalue weighted by Crippen LogP contribution is -2.45. The maximum atomic E-state index is 3.66. The Bertz CT molecular complexity index is 236. The van der Waals surface area contributed by atoms with E-state index in [0.29, 0.717) is 0 Å². The van der Waals surface area contributed by atoms with Gasteiger partial charge in [0, 0.05) is 35.7 Å². The molecule has 0 amide bonds. The smallest absolute Gasteiger partial charge is 0.0200 e. The average Bonchev–Trinajstić information content (AvgIpc) is 2.81. The predicted octanol–water partition coefficient (Wildman–Crippen LogP) is 2.10. The molecule has 1 N–H and O–H groups in total. The molecule has 0 radical (unpaired) electrons. The van der Waals surface area contributed by atoms with Gasteiger partial charge in [-0.05, 0) is 38.6 Å².